The third kappa shape index (κ3) is 3.69. The fourth-order valence-electron chi connectivity index (χ4n) is 2.28. The third-order valence-electron chi connectivity index (χ3n) is 3.44. The molecule has 3 aromatic rings. The Kier molecular flexibility index (Phi) is 4.63. The van der Waals surface area contributed by atoms with Gasteiger partial charge in [-0.25, -0.2) is 0 Å². The van der Waals surface area contributed by atoms with Crippen molar-refractivity contribution in [1.29, 1.82) is 0 Å². The van der Waals surface area contributed by atoms with Crippen LogP contribution in [0, 0.1) is 0 Å². The zero-order valence-electron chi connectivity index (χ0n) is 12.1. The smallest absolute Gasteiger partial charge is 0.134 e. The SMILES string of the molecule is CC(NCCSc1ccccc1)c1cc2ccccc2o1. The summed E-state index contributed by atoms with van der Waals surface area (Å²) in [6.45, 7) is 3.10. The number of nitrogens with one attached hydrogen (secondary N) is 1. The van der Waals surface area contributed by atoms with Crippen LogP contribution in [0.4, 0.5) is 0 Å². The Balaban J connectivity index is 1.51. The van der Waals surface area contributed by atoms with Crippen molar-refractivity contribution in [1.82, 2.24) is 5.32 Å². The number of benzene rings is 2. The number of hydrogen-bond donors (Lipinski definition) is 1. The van der Waals surface area contributed by atoms with Crippen LogP contribution in [0.3, 0.4) is 0 Å². The van der Waals surface area contributed by atoms with Crippen LogP contribution in [-0.2, 0) is 0 Å². The number of para-hydroxylation sites is 1. The Labute approximate surface area is 129 Å². The molecule has 0 saturated carbocycles. The quantitative estimate of drug-likeness (QED) is 0.519. The van der Waals surface area contributed by atoms with E-state index in [-0.39, 0.29) is 6.04 Å². The molecule has 1 aromatic heterocycles. The molecule has 1 N–H and O–H groups in total. The molecule has 3 rings (SSSR count). The van der Waals surface area contributed by atoms with Crippen molar-refractivity contribution in [3.63, 3.8) is 0 Å². The summed E-state index contributed by atoms with van der Waals surface area (Å²) in [5.41, 5.74) is 0.958. The van der Waals surface area contributed by atoms with Crippen LogP contribution < -0.4 is 5.32 Å². The lowest BCUT2D eigenvalue weighted by Crippen LogP contribution is -2.20. The van der Waals surface area contributed by atoms with Crippen molar-refractivity contribution in [2.75, 3.05) is 12.3 Å². The van der Waals surface area contributed by atoms with E-state index < -0.39 is 0 Å². The van der Waals surface area contributed by atoms with Gasteiger partial charge >= 0.3 is 0 Å². The van der Waals surface area contributed by atoms with Gasteiger partial charge in [0.05, 0.1) is 6.04 Å². The number of rotatable bonds is 6. The average molecular weight is 297 g/mol. The molecule has 2 nitrogen and oxygen atoms in total. The van der Waals surface area contributed by atoms with Crippen molar-refractivity contribution in [3.8, 4) is 0 Å². The summed E-state index contributed by atoms with van der Waals surface area (Å²) in [5, 5.41) is 4.68. The van der Waals surface area contributed by atoms with Gasteiger partial charge in [0.25, 0.3) is 0 Å². The van der Waals surface area contributed by atoms with Crippen LogP contribution in [0.2, 0.25) is 0 Å². The Morgan fingerprint density at radius 2 is 1.81 bits per heavy atom. The molecule has 0 aliphatic heterocycles. The van der Waals surface area contributed by atoms with Crippen molar-refractivity contribution < 1.29 is 4.42 Å². The molecular weight excluding hydrogens is 278 g/mol. The first kappa shape index (κ1) is 14.2. The van der Waals surface area contributed by atoms with E-state index in [1.807, 2.05) is 36.0 Å². The second-order valence-electron chi connectivity index (χ2n) is 5.02. The highest BCUT2D eigenvalue weighted by molar-refractivity contribution is 7.99. The molecule has 0 amide bonds. The van der Waals surface area contributed by atoms with Crippen LogP contribution in [0.25, 0.3) is 11.0 Å². The summed E-state index contributed by atoms with van der Waals surface area (Å²) in [6.07, 6.45) is 0. The highest BCUT2D eigenvalue weighted by Crippen LogP contribution is 2.23. The summed E-state index contributed by atoms with van der Waals surface area (Å²) >= 11 is 1.87. The number of fused-ring (bicyclic) bond motifs is 1. The Bertz CT molecular complexity index is 660. The first-order chi connectivity index (χ1) is 10.3. The summed E-state index contributed by atoms with van der Waals surface area (Å²) in [6, 6.07) is 21.0. The summed E-state index contributed by atoms with van der Waals surface area (Å²) < 4.78 is 5.88. The maximum Gasteiger partial charge on any atom is 0.134 e. The van der Waals surface area contributed by atoms with Gasteiger partial charge in [0.15, 0.2) is 0 Å². The summed E-state index contributed by atoms with van der Waals surface area (Å²) in [5.74, 6) is 2.05. The molecule has 1 atom stereocenters. The summed E-state index contributed by atoms with van der Waals surface area (Å²) in [4.78, 5) is 1.32. The van der Waals surface area contributed by atoms with Crippen LogP contribution in [0.5, 0.6) is 0 Å². The number of hydrogen-bond acceptors (Lipinski definition) is 3. The fourth-order valence-corrected chi connectivity index (χ4v) is 3.08. The van der Waals surface area contributed by atoms with E-state index in [9.17, 15) is 0 Å². The van der Waals surface area contributed by atoms with Crippen molar-refractivity contribution in [2.45, 2.75) is 17.9 Å². The first-order valence-electron chi connectivity index (χ1n) is 7.22. The molecule has 1 unspecified atom stereocenters. The van der Waals surface area contributed by atoms with Gasteiger partial charge in [0, 0.05) is 22.6 Å². The van der Waals surface area contributed by atoms with Gasteiger partial charge in [0.1, 0.15) is 11.3 Å². The molecule has 2 aromatic carbocycles. The van der Waals surface area contributed by atoms with Gasteiger partial charge in [-0.05, 0) is 31.2 Å². The van der Waals surface area contributed by atoms with E-state index in [1.54, 1.807) is 0 Å². The molecule has 0 fully saturated rings. The third-order valence-corrected chi connectivity index (χ3v) is 4.45. The zero-order valence-corrected chi connectivity index (χ0v) is 12.9. The van der Waals surface area contributed by atoms with Crippen molar-refractivity contribution in [3.05, 3.63) is 66.4 Å². The topological polar surface area (TPSA) is 25.2 Å². The van der Waals surface area contributed by atoms with E-state index >= 15 is 0 Å². The minimum atomic E-state index is 0.230. The molecule has 3 heteroatoms. The highest BCUT2D eigenvalue weighted by atomic mass is 32.2. The molecule has 0 radical (unpaired) electrons. The minimum Gasteiger partial charge on any atom is -0.459 e. The van der Waals surface area contributed by atoms with Gasteiger partial charge in [-0.1, -0.05) is 36.4 Å². The largest absolute Gasteiger partial charge is 0.459 e. The van der Waals surface area contributed by atoms with Crippen molar-refractivity contribution in [2.24, 2.45) is 0 Å². The predicted molar refractivity (Wildman–Crippen MR) is 89.8 cm³/mol. The molecule has 0 aliphatic carbocycles. The zero-order chi connectivity index (χ0) is 14.5. The fraction of sp³-hybridized carbons (Fsp3) is 0.222. The Hall–Kier alpha value is -1.71. The standard InChI is InChI=1S/C18H19NOS/c1-14(18-13-15-7-5-6-10-17(15)20-18)19-11-12-21-16-8-3-2-4-9-16/h2-10,13-14,19H,11-12H2,1H3. The number of furan rings is 1. The lowest BCUT2D eigenvalue weighted by Gasteiger charge is -2.10. The van der Waals surface area contributed by atoms with Crippen LogP contribution in [0.1, 0.15) is 18.7 Å². The Morgan fingerprint density at radius 3 is 2.62 bits per heavy atom. The van der Waals surface area contributed by atoms with Gasteiger partial charge in [-0.2, -0.15) is 0 Å². The molecular formula is C18H19NOS. The van der Waals surface area contributed by atoms with Crippen molar-refractivity contribution >= 4 is 22.7 Å². The molecule has 0 saturated heterocycles. The van der Waals surface area contributed by atoms with Crippen LogP contribution in [-0.4, -0.2) is 12.3 Å². The van der Waals surface area contributed by atoms with Gasteiger partial charge in [-0.3, -0.25) is 0 Å². The molecule has 108 valence electrons. The van der Waals surface area contributed by atoms with E-state index in [0.29, 0.717) is 0 Å². The van der Waals surface area contributed by atoms with E-state index in [4.69, 9.17) is 4.42 Å². The maximum absolute atomic E-state index is 5.88. The average Bonchev–Trinajstić information content (AvgIpc) is 2.96. The van der Waals surface area contributed by atoms with Gasteiger partial charge in [-0.15, -0.1) is 11.8 Å². The predicted octanol–water partition coefficient (Wildman–Crippen LogP) is 4.88. The van der Waals surface area contributed by atoms with Gasteiger partial charge in [0.2, 0.25) is 0 Å². The molecule has 0 bridgehead atoms. The van der Waals surface area contributed by atoms with E-state index in [2.05, 4.69) is 48.6 Å². The van der Waals surface area contributed by atoms with Crippen LogP contribution >= 0.6 is 11.8 Å². The Morgan fingerprint density at radius 1 is 1.05 bits per heavy atom. The summed E-state index contributed by atoms with van der Waals surface area (Å²) in [7, 11) is 0. The second-order valence-corrected chi connectivity index (χ2v) is 6.19. The lowest BCUT2D eigenvalue weighted by molar-refractivity contribution is 0.460. The molecule has 1 heterocycles. The first-order valence-corrected chi connectivity index (χ1v) is 8.21. The second kappa shape index (κ2) is 6.83. The molecule has 0 aliphatic rings. The lowest BCUT2D eigenvalue weighted by atomic mass is 10.2. The number of thioether (sulfide) groups is 1. The highest BCUT2D eigenvalue weighted by Gasteiger charge is 2.10. The van der Waals surface area contributed by atoms with E-state index in [1.165, 1.54) is 10.3 Å². The monoisotopic (exact) mass is 297 g/mol. The minimum absolute atomic E-state index is 0.230. The van der Waals surface area contributed by atoms with E-state index in [0.717, 1.165) is 23.6 Å². The van der Waals surface area contributed by atoms with Gasteiger partial charge < -0.3 is 9.73 Å². The molecule has 0 spiro atoms. The maximum atomic E-state index is 5.88. The van der Waals surface area contributed by atoms with Crippen LogP contribution in [0.15, 0.2) is 70.0 Å². The molecule has 21 heavy (non-hydrogen) atoms. The normalized spacial score (nSPS) is 12.6.